The minimum Gasteiger partial charge on any atom is -0.465 e. The molecule has 10 nitrogen and oxygen atoms in total. The number of carbonyl (C=O) groups excluding carboxylic acids is 3. The van der Waals surface area contributed by atoms with Crippen molar-refractivity contribution in [3.63, 3.8) is 0 Å². The van der Waals surface area contributed by atoms with Crippen molar-refractivity contribution in [1.29, 1.82) is 0 Å². The molecule has 1 aliphatic rings. The third kappa shape index (κ3) is 5.11. The lowest BCUT2D eigenvalue weighted by Crippen LogP contribution is -2.47. The molecule has 1 atom stereocenters. The highest BCUT2D eigenvalue weighted by atomic mass is 32.2. The number of esters is 2. The van der Waals surface area contributed by atoms with E-state index in [1.54, 1.807) is 0 Å². The highest BCUT2D eigenvalue weighted by Gasteiger charge is 2.34. The number of hydrogen-bond donors (Lipinski definition) is 1. The summed E-state index contributed by atoms with van der Waals surface area (Å²) >= 11 is 0. The largest absolute Gasteiger partial charge is 0.465 e. The minimum atomic E-state index is -3.63. The molecule has 1 N–H and O–H groups in total. The molecule has 0 aromatic heterocycles. The molecule has 0 spiro atoms. The summed E-state index contributed by atoms with van der Waals surface area (Å²) < 4.78 is 36.5. The number of nitrogens with zero attached hydrogens (tertiary/aromatic N) is 2. The lowest BCUT2D eigenvalue weighted by molar-refractivity contribution is -0.120. The number of anilines is 1. The molecule has 1 fully saturated rings. The van der Waals surface area contributed by atoms with Gasteiger partial charge in [0, 0.05) is 27.2 Å². The Labute approximate surface area is 169 Å². The van der Waals surface area contributed by atoms with Crippen molar-refractivity contribution < 1.29 is 32.3 Å². The number of piperidine rings is 1. The molecule has 1 amide bonds. The number of benzene rings is 1. The third-order valence-electron chi connectivity index (χ3n) is 4.65. The van der Waals surface area contributed by atoms with Crippen LogP contribution in [0.3, 0.4) is 0 Å². The monoisotopic (exact) mass is 427 g/mol. The van der Waals surface area contributed by atoms with Crippen LogP contribution in [0.2, 0.25) is 0 Å². The Morgan fingerprint density at radius 2 is 1.79 bits per heavy atom. The molecule has 160 valence electrons. The zero-order valence-corrected chi connectivity index (χ0v) is 17.6. The summed E-state index contributed by atoms with van der Waals surface area (Å²) in [5.74, 6) is -2.36. The number of carbonyl (C=O) groups is 3. The maximum atomic E-state index is 12.8. The number of rotatable bonds is 6. The SMILES string of the molecule is COC(=O)c1ccc(C(=O)OC)c(NC(=O)C2CCCN(S(=O)(=O)N(C)C)C2)c1. The van der Waals surface area contributed by atoms with Gasteiger partial charge in [0.05, 0.1) is 37.0 Å². The summed E-state index contributed by atoms with van der Waals surface area (Å²) in [7, 11) is 1.65. The van der Waals surface area contributed by atoms with Crippen LogP contribution in [-0.4, -0.2) is 76.3 Å². The number of hydrogen-bond acceptors (Lipinski definition) is 7. The van der Waals surface area contributed by atoms with Gasteiger partial charge in [0.25, 0.3) is 10.2 Å². The first kappa shape index (κ1) is 22.8. The molecule has 1 aromatic rings. The predicted molar refractivity (Wildman–Crippen MR) is 105 cm³/mol. The summed E-state index contributed by atoms with van der Waals surface area (Å²) in [6.07, 6.45) is 1.02. The van der Waals surface area contributed by atoms with E-state index >= 15 is 0 Å². The normalized spacial score (nSPS) is 17.6. The van der Waals surface area contributed by atoms with Crippen LogP contribution in [0.25, 0.3) is 0 Å². The Balaban J connectivity index is 2.26. The van der Waals surface area contributed by atoms with E-state index < -0.39 is 34.0 Å². The van der Waals surface area contributed by atoms with Crippen LogP contribution in [0.1, 0.15) is 33.6 Å². The number of ether oxygens (including phenoxy) is 2. The molecular weight excluding hydrogens is 402 g/mol. The Morgan fingerprint density at radius 1 is 1.14 bits per heavy atom. The summed E-state index contributed by atoms with van der Waals surface area (Å²) in [4.78, 5) is 36.6. The molecule has 1 saturated heterocycles. The number of nitrogens with one attached hydrogen (secondary N) is 1. The van der Waals surface area contributed by atoms with Gasteiger partial charge in [-0.25, -0.2) is 9.59 Å². The Kier molecular flexibility index (Phi) is 7.33. The minimum absolute atomic E-state index is 0.0244. The maximum absolute atomic E-state index is 12.8. The van der Waals surface area contributed by atoms with E-state index in [1.165, 1.54) is 50.8 Å². The fourth-order valence-electron chi connectivity index (χ4n) is 3.01. The molecule has 0 radical (unpaired) electrons. The van der Waals surface area contributed by atoms with Crippen LogP contribution in [-0.2, 0) is 24.5 Å². The van der Waals surface area contributed by atoms with Crippen molar-refractivity contribution in [2.45, 2.75) is 12.8 Å². The van der Waals surface area contributed by atoms with Crippen molar-refractivity contribution in [3.8, 4) is 0 Å². The average Bonchev–Trinajstić information content (AvgIpc) is 2.72. The summed E-state index contributed by atoms with van der Waals surface area (Å²) in [5, 5.41) is 2.63. The molecule has 0 bridgehead atoms. The van der Waals surface area contributed by atoms with Crippen LogP contribution in [0.4, 0.5) is 5.69 Å². The lowest BCUT2D eigenvalue weighted by Gasteiger charge is -2.32. The highest BCUT2D eigenvalue weighted by Crippen LogP contribution is 2.24. The Morgan fingerprint density at radius 3 is 2.38 bits per heavy atom. The summed E-state index contributed by atoms with van der Waals surface area (Å²) in [6.45, 7) is 0.353. The van der Waals surface area contributed by atoms with Crippen LogP contribution in [0, 0.1) is 5.92 Å². The molecule has 1 aromatic carbocycles. The van der Waals surface area contributed by atoms with Crippen molar-refractivity contribution in [2.24, 2.45) is 5.92 Å². The van der Waals surface area contributed by atoms with Gasteiger partial charge in [-0.1, -0.05) is 0 Å². The topological polar surface area (TPSA) is 122 Å². The standard InChI is InChI=1S/C18H25N3O7S/c1-20(2)29(25,26)21-9-5-6-13(11-21)16(22)19-15-10-12(17(23)27-3)7-8-14(15)18(24)28-4/h7-8,10,13H,5-6,9,11H2,1-4H3,(H,19,22). The van der Waals surface area contributed by atoms with Gasteiger partial charge < -0.3 is 14.8 Å². The highest BCUT2D eigenvalue weighted by molar-refractivity contribution is 7.86. The molecule has 1 aliphatic heterocycles. The van der Waals surface area contributed by atoms with E-state index in [0.29, 0.717) is 19.4 Å². The van der Waals surface area contributed by atoms with Crippen molar-refractivity contribution in [3.05, 3.63) is 29.3 Å². The Hall–Kier alpha value is -2.50. The fourth-order valence-corrected chi connectivity index (χ4v) is 4.20. The number of methoxy groups -OCH3 is 2. The van der Waals surface area contributed by atoms with E-state index in [1.807, 2.05) is 0 Å². The van der Waals surface area contributed by atoms with Gasteiger partial charge in [0.2, 0.25) is 5.91 Å². The zero-order valence-electron chi connectivity index (χ0n) is 16.8. The number of amides is 1. The first-order valence-electron chi connectivity index (χ1n) is 8.91. The van der Waals surface area contributed by atoms with Crippen molar-refractivity contribution >= 4 is 33.7 Å². The maximum Gasteiger partial charge on any atom is 0.339 e. The van der Waals surface area contributed by atoms with E-state index in [4.69, 9.17) is 4.74 Å². The third-order valence-corrected chi connectivity index (χ3v) is 6.55. The van der Waals surface area contributed by atoms with Crippen LogP contribution < -0.4 is 5.32 Å². The molecule has 0 saturated carbocycles. The summed E-state index contributed by atoms with van der Waals surface area (Å²) in [5.41, 5.74) is 0.315. The van der Waals surface area contributed by atoms with Gasteiger partial charge >= 0.3 is 11.9 Å². The second-order valence-corrected chi connectivity index (χ2v) is 8.86. The van der Waals surface area contributed by atoms with Gasteiger partial charge in [-0.05, 0) is 31.0 Å². The Bertz CT molecular complexity index is 899. The van der Waals surface area contributed by atoms with Crippen LogP contribution in [0.15, 0.2) is 18.2 Å². The quantitative estimate of drug-likeness (QED) is 0.664. The smallest absolute Gasteiger partial charge is 0.339 e. The lowest BCUT2D eigenvalue weighted by atomic mass is 9.98. The van der Waals surface area contributed by atoms with Gasteiger partial charge in [-0.3, -0.25) is 4.79 Å². The van der Waals surface area contributed by atoms with E-state index in [2.05, 4.69) is 10.1 Å². The first-order valence-corrected chi connectivity index (χ1v) is 10.3. The van der Waals surface area contributed by atoms with Gasteiger partial charge in [0.15, 0.2) is 0 Å². The van der Waals surface area contributed by atoms with Crippen LogP contribution >= 0.6 is 0 Å². The molecular formula is C18H25N3O7S. The zero-order chi connectivity index (χ0) is 21.8. The molecule has 1 heterocycles. The molecule has 1 unspecified atom stereocenters. The van der Waals surface area contributed by atoms with Gasteiger partial charge in [-0.15, -0.1) is 0 Å². The van der Waals surface area contributed by atoms with Gasteiger partial charge in [0.1, 0.15) is 0 Å². The van der Waals surface area contributed by atoms with E-state index in [-0.39, 0.29) is 23.4 Å². The van der Waals surface area contributed by atoms with Gasteiger partial charge in [-0.2, -0.15) is 17.0 Å². The second-order valence-electron chi connectivity index (χ2n) is 6.72. The van der Waals surface area contributed by atoms with Crippen molar-refractivity contribution in [2.75, 3.05) is 46.7 Å². The second kappa shape index (κ2) is 9.33. The predicted octanol–water partition coefficient (Wildman–Crippen LogP) is 0.717. The molecule has 2 rings (SSSR count). The van der Waals surface area contributed by atoms with E-state index in [9.17, 15) is 22.8 Å². The summed E-state index contributed by atoms with van der Waals surface area (Å²) in [6, 6.07) is 4.07. The van der Waals surface area contributed by atoms with E-state index in [0.717, 1.165) is 4.31 Å². The van der Waals surface area contributed by atoms with Crippen LogP contribution in [0.5, 0.6) is 0 Å². The first-order chi connectivity index (χ1) is 13.6. The fraction of sp³-hybridized carbons (Fsp3) is 0.500. The van der Waals surface area contributed by atoms with Crippen molar-refractivity contribution in [1.82, 2.24) is 8.61 Å². The molecule has 0 aliphatic carbocycles. The average molecular weight is 427 g/mol. The molecule has 29 heavy (non-hydrogen) atoms. The molecule has 11 heteroatoms.